The number of halogens is 3. The van der Waals surface area contributed by atoms with Gasteiger partial charge in [0, 0.05) is 19.2 Å². The van der Waals surface area contributed by atoms with Gasteiger partial charge in [-0.2, -0.15) is 28.5 Å². The van der Waals surface area contributed by atoms with Crippen molar-refractivity contribution >= 4 is 0 Å². The monoisotopic (exact) mass is 323 g/mol. The van der Waals surface area contributed by atoms with Crippen LogP contribution in [-0.4, -0.2) is 33.3 Å². The van der Waals surface area contributed by atoms with Crippen LogP contribution in [0.2, 0.25) is 0 Å². The second-order valence-electron chi connectivity index (χ2n) is 4.70. The van der Waals surface area contributed by atoms with Gasteiger partial charge in [0.05, 0.1) is 6.54 Å². The van der Waals surface area contributed by atoms with Crippen LogP contribution in [0, 0.1) is 11.5 Å². The fraction of sp³-hybridized carbons (Fsp3) is 0.286. The fourth-order valence-corrected chi connectivity index (χ4v) is 1.85. The quantitative estimate of drug-likeness (QED) is 0.633. The van der Waals surface area contributed by atoms with E-state index in [4.69, 9.17) is 5.26 Å². The van der Waals surface area contributed by atoms with Crippen LogP contribution in [0.25, 0.3) is 11.4 Å². The number of likely N-dealkylation sites (N-methyl/N-ethyl adjacent to an activating group) is 1. The van der Waals surface area contributed by atoms with Crippen LogP contribution in [0.1, 0.15) is 5.69 Å². The van der Waals surface area contributed by atoms with Gasteiger partial charge in [0.15, 0.2) is 12.0 Å². The Kier molecular flexibility index (Phi) is 4.64. The number of nitriles is 1. The Hall–Kier alpha value is -2.89. The zero-order valence-electron chi connectivity index (χ0n) is 12.1. The first-order chi connectivity index (χ1) is 10.8. The van der Waals surface area contributed by atoms with E-state index < -0.39 is 17.4 Å². The SMILES string of the molecule is CN(C#N)CCn1nc(C(F)(F)F)c(=O)nc1-c1ccccc1. The smallest absolute Gasteiger partial charge is 0.312 e. The molecule has 6 nitrogen and oxygen atoms in total. The normalized spacial score (nSPS) is 11.1. The lowest BCUT2D eigenvalue weighted by Gasteiger charge is -2.15. The molecule has 0 N–H and O–H groups in total. The Bertz CT molecular complexity index is 780. The van der Waals surface area contributed by atoms with Crippen molar-refractivity contribution in [1.29, 1.82) is 5.26 Å². The minimum Gasteiger partial charge on any atom is -0.312 e. The van der Waals surface area contributed by atoms with Gasteiger partial charge >= 0.3 is 11.7 Å². The van der Waals surface area contributed by atoms with Gasteiger partial charge in [-0.15, -0.1) is 0 Å². The second kappa shape index (κ2) is 6.48. The molecule has 0 aliphatic carbocycles. The fourth-order valence-electron chi connectivity index (χ4n) is 1.85. The average molecular weight is 323 g/mol. The molecule has 1 aromatic carbocycles. The van der Waals surface area contributed by atoms with Gasteiger partial charge in [0.1, 0.15) is 0 Å². The molecule has 0 aliphatic heterocycles. The number of rotatable bonds is 4. The first-order valence-electron chi connectivity index (χ1n) is 6.55. The predicted octanol–water partition coefficient (Wildman–Crippen LogP) is 1.74. The van der Waals surface area contributed by atoms with Gasteiger partial charge in [0.25, 0.3) is 0 Å². The molecule has 0 saturated heterocycles. The van der Waals surface area contributed by atoms with Crippen molar-refractivity contribution < 1.29 is 13.2 Å². The van der Waals surface area contributed by atoms with Crippen molar-refractivity contribution in [2.45, 2.75) is 12.7 Å². The highest BCUT2D eigenvalue weighted by Crippen LogP contribution is 2.25. The van der Waals surface area contributed by atoms with Gasteiger partial charge in [-0.3, -0.25) is 4.79 Å². The van der Waals surface area contributed by atoms with Crippen LogP contribution in [-0.2, 0) is 12.7 Å². The lowest BCUT2D eigenvalue weighted by atomic mass is 10.2. The van der Waals surface area contributed by atoms with Gasteiger partial charge < -0.3 is 4.90 Å². The van der Waals surface area contributed by atoms with Crippen LogP contribution >= 0.6 is 0 Å². The van der Waals surface area contributed by atoms with Gasteiger partial charge in [-0.05, 0) is 0 Å². The molecule has 0 unspecified atom stereocenters. The number of alkyl halides is 3. The number of nitrogens with zero attached hydrogens (tertiary/aromatic N) is 5. The molecule has 0 spiro atoms. The molecule has 23 heavy (non-hydrogen) atoms. The van der Waals surface area contributed by atoms with Crippen molar-refractivity contribution in [2.24, 2.45) is 0 Å². The third kappa shape index (κ3) is 3.85. The summed E-state index contributed by atoms with van der Waals surface area (Å²) in [7, 11) is 1.49. The standard InChI is InChI=1S/C14H12F3N5O/c1-21(9-18)7-8-22-12(10-5-3-2-4-6-10)19-13(23)11(20-22)14(15,16)17/h2-6H,7-8H2,1H3. The van der Waals surface area contributed by atoms with E-state index in [9.17, 15) is 18.0 Å². The Balaban J connectivity index is 2.54. The largest absolute Gasteiger partial charge is 0.440 e. The molecule has 0 atom stereocenters. The first-order valence-corrected chi connectivity index (χ1v) is 6.55. The molecule has 2 rings (SSSR count). The van der Waals surface area contributed by atoms with Crippen LogP contribution in [0.5, 0.6) is 0 Å². The van der Waals surface area contributed by atoms with E-state index >= 15 is 0 Å². The van der Waals surface area contributed by atoms with Gasteiger partial charge in [0.2, 0.25) is 5.69 Å². The zero-order chi connectivity index (χ0) is 17.0. The maximum atomic E-state index is 12.8. The Morgan fingerprint density at radius 1 is 1.30 bits per heavy atom. The van der Waals surface area contributed by atoms with Crippen molar-refractivity contribution in [2.75, 3.05) is 13.6 Å². The highest BCUT2D eigenvalue weighted by atomic mass is 19.4. The van der Waals surface area contributed by atoms with Crippen molar-refractivity contribution in [3.05, 3.63) is 46.4 Å². The summed E-state index contributed by atoms with van der Waals surface area (Å²) in [5.74, 6) is 0.0231. The minimum atomic E-state index is -4.89. The highest BCUT2D eigenvalue weighted by molar-refractivity contribution is 5.54. The van der Waals surface area contributed by atoms with E-state index in [1.165, 1.54) is 11.9 Å². The molecule has 2 aromatic rings. The van der Waals surface area contributed by atoms with Crippen LogP contribution in [0.4, 0.5) is 13.2 Å². The minimum absolute atomic E-state index is 0.0231. The highest BCUT2D eigenvalue weighted by Gasteiger charge is 2.37. The molecule has 0 saturated carbocycles. The number of hydrogen-bond donors (Lipinski definition) is 0. The zero-order valence-corrected chi connectivity index (χ0v) is 12.1. The Labute approximate surface area is 129 Å². The molecule has 1 heterocycles. The Morgan fingerprint density at radius 2 is 1.96 bits per heavy atom. The molecule has 0 fully saturated rings. The predicted molar refractivity (Wildman–Crippen MR) is 75.0 cm³/mol. The second-order valence-corrected chi connectivity index (χ2v) is 4.70. The summed E-state index contributed by atoms with van der Waals surface area (Å²) in [6, 6.07) is 8.30. The number of aromatic nitrogens is 3. The van der Waals surface area contributed by atoms with E-state index in [-0.39, 0.29) is 18.9 Å². The maximum Gasteiger partial charge on any atom is 0.440 e. The van der Waals surface area contributed by atoms with Crippen LogP contribution in [0.15, 0.2) is 35.1 Å². The number of hydrogen-bond acceptors (Lipinski definition) is 5. The summed E-state index contributed by atoms with van der Waals surface area (Å²) in [5.41, 5.74) is -2.54. The molecule has 120 valence electrons. The van der Waals surface area contributed by atoms with E-state index in [1.807, 2.05) is 6.19 Å². The average Bonchev–Trinajstić information content (AvgIpc) is 2.52. The number of benzene rings is 1. The molecule has 0 radical (unpaired) electrons. The van der Waals surface area contributed by atoms with Gasteiger partial charge in [-0.1, -0.05) is 30.3 Å². The topological polar surface area (TPSA) is 74.8 Å². The Morgan fingerprint density at radius 3 is 2.52 bits per heavy atom. The molecule has 0 bridgehead atoms. The van der Waals surface area contributed by atoms with Crippen molar-refractivity contribution in [1.82, 2.24) is 19.7 Å². The third-order valence-electron chi connectivity index (χ3n) is 2.99. The molecule has 0 amide bonds. The van der Waals surface area contributed by atoms with E-state index in [0.717, 1.165) is 4.68 Å². The van der Waals surface area contributed by atoms with Crippen molar-refractivity contribution in [3.63, 3.8) is 0 Å². The van der Waals surface area contributed by atoms with E-state index in [0.29, 0.717) is 5.56 Å². The summed E-state index contributed by atoms with van der Waals surface area (Å²) in [4.78, 5) is 16.4. The summed E-state index contributed by atoms with van der Waals surface area (Å²) in [5, 5.41) is 12.1. The lowest BCUT2D eigenvalue weighted by Crippen LogP contribution is -2.31. The molecule has 1 aromatic heterocycles. The maximum absolute atomic E-state index is 12.8. The van der Waals surface area contributed by atoms with Crippen molar-refractivity contribution in [3.8, 4) is 17.6 Å². The van der Waals surface area contributed by atoms with E-state index in [2.05, 4.69) is 10.1 Å². The first kappa shape index (κ1) is 16.5. The molecule has 9 heteroatoms. The van der Waals surface area contributed by atoms with E-state index in [1.54, 1.807) is 30.3 Å². The summed E-state index contributed by atoms with van der Waals surface area (Å²) < 4.78 is 39.5. The third-order valence-corrected chi connectivity index (χ3v) is 2.99. The van der Waals surface area contributed by atoms with Crippen LogP contribution in [0.3, 0.4) is 0 Å². The molecule has 0 aliphatic rings. The molecular formula is C14H12F3N5O. The summed E-state index contributed by atoms with van der Waals surface area (Å²) in [6.07, 6.45) is -3.05. The lowest BCUT2D eigenvalue weighted by molar-refractivity contribution is -0.143. The molecular weight excluding hydrogens is 311 g/mol. The van der Waals surface area contributed by atoms with Crippen LogP contribution < -0.4 is 5.56 Å². The van der Waals surface area contributed by atoms with Gasteiger partial charge in [-0.25, -0.2) is 4.68 Å². The summed E-state index contributed by atoms with van der Waals surface area (Å²) >= 11 is 0. The summed E-state index contributed by atoms with van der Waals surface area (Å²) in [6.45, 7) is 0.107.